The summed E-state index contributed by atoms with van der Waals surface area (Å²) in [5.74, 6) is 0. The van der Waals surface area contributed by atoms with Crippen molar-refractivity contribution < 1.29 is 0 Å². The van der Waals surface area contributed by atoms with Gasteiger partial charge in [-0.05, 0) is 13.8 Å². The quantitative estimate of drug-likeness (QED) is 0.530. The predicted octanol–water partition coefficient (Wildman–Crippen LogP) is 0.940. The standard InChI is InChI=1S/C6H12N2/c1-3-6(5-7)8-4-2/h3-4H,5,7H2,1-2H3/b6-3-,8-4-. The van der Waals surface area contributed by atoms with Gasteiger partial charge in [-0.25, -0.2) is 0 Å². The molecule has 0 rings (SSSR count). The Morgan fingerprint density at radius 3 is 2.38 bits per heavy atom. The van der Waals surface area contributed by atoms with Gasteiger partial charge < -0.3 is 5.73 Å². The first kappa shape index (κ1) is 7.37. The monoisotopic (exact) mass is 112 g/mol. The first-order chi connectivity index (χ1) is 3.85. The van der Waals surface area contributed by atoms with Crippen LogP contribution in [-0.4, -0.2) is 12.8 Å². The fourth-order valence-corrected chi connectivity index (χ4v) is 0.411. The number of rotatable bonds is 2. The maximum Gasteiger partial charge on any atom is 0.0492 e. The Balaban J connectivity index is 3.72. The van der Waals surface area contributed by atoms with Crippen LogP contribution >= 0.6 is 0 Å². The van der Waals surface area contributed by atoms with Crippen molar-refractivity contribution in [3.8, 4) is 0 Å². The van der Waals surface area contributed by atoms with E-state index in [9.17, 15) is 0 Å². The second-order valence-electron chi connectivity index (χ2n) is 1.37. The molecule has 0 aliphatic heterocycles. The zero-order valence-electron chi connectivity index (χ0n) is 5.39. The van der Waals surface area contributed by atoms with Gasteiger partial charge in [-0.1, -0.05) is 6.08 Å². The number of hydrogen-bond donors (Lipinski definition) is 1. The van der Waals surface area contributed by atoms with E-state index in [1.165, 1.54) is 0 Å². The molecular formula is C6H12N2. The minimum absolute atomic E-state index is 0.529. The van der Waals surface area contributed by atoms with Gasteiger partial charge in [0.05, 0.1) is 0 Å². The van der Waals surface area contributed by atoms with E-state index in [2.05, 4.69) is 4.99 Å². The molecule has 0 fully saturated rings. The molecule has 0 radical (unpaired) electrons. The molecule has 2 N–H and O–H groups in total. The van der Waals surface area contributed by atoms with Crippen LogP contribution in [0, 0.1) is 0 Å². The van der Waals surface area contributed by atoms with Gasteiger partial charge in [0.2, 0.25) is 0 Å². The highest BCUT2D eigenvalue weighted by atomic mass is 14.8. The third-order valence-corrected chi connectivity index (χ3v) is 0.837. The van der Waals surface area contributed by atoms with Crippen LogP contribution < -0.4 is 5.73 Å². The van der Waals surface area contributed by atoms with Crippen molar-refractivity contribution in [2.45, 2.75) is 13.8 Å². The third kappa shape index (κ3) is 2.53. The molecule has 46 valence electrons. The van der Waals surface area contributed by atoms with E-state index in [0.29, 0.717) is 6.54 Å². The lowest BCUT2D eigenvalue weighted by atomic mass is 10.4. The average Bonchev–Trinajstić information content (AvgIpc) is 1.83. The molecule has 0 amide bonds. The number of aliphatic imine (C=N–C) groups is 1. The molecule has 0 unspecified atom stereocenters. The Hall–Kier alpha value is -0.630. The number of allylic oxidation sites excluding steroid dienone is 1. The Morgan fingerprint density at radius 1 is 1.62 bits per heavy atom. The molecule has 0 aromatic carbocycles. The molecule has 2 heteroatoms. The molecule has 2 nitrogen and oxygen atoms in total. The summed E-state index contributed by atoms with van der Waals surface area (Å²) in [4.78, 5) is 3.97. The van der Waals surface area contributed by atoms with E-state index in [1.54, 1.807) is 6.21 Å². The first-order valence-corrected chi connectivity index (χ1v) is 2.69. The van der Waals surface area contributed by atoms with Gasteiger partial charge in [0.15, 0.2) is 0 Å². The van der Waals surface area contributed by atoms with E-state index in [4.69, 9.17) is 5.73 Å². The Kier molecular flexibility index (Phi) is 4.17. The lowest BCUT2D eigenvalue weighted by molar-refractivity contribution is 1.10. The van der Waals surface area contributed by atoms with Crippen LogP contribution in [0.25, 0.3) is 0 Å². The SMILES string of the molecule is C/C=N\C(=C/C)CN. The number of hydrogen-bond acceptors (Lipinski definition) is 2. The highest BCUT2D eigenvalue weighted by Crippen LogP contribution is 1.89. The molecule has 0 saturated carbocycles. The molecule has 0 atom stereocenters. The summed E-state index contributed by atoms with van der Waals surface area (Å²) in [5.41, 5.74) is 6.22. The van der Waals surface area contributed by atoms with Crippen molar-refractivity contribution in [1.29, 1.82) is 0 Å². The van der Waals surface area contributed by atoms with E-state index in [-0.39, 0.29) is 0 Å². The summed E-state index contributed by atoms with van der Waals surface area (Å²) >= 11 is 0. The first-order valence-electron chi connectivity index (χ1n) is 2.69. The second kappa shape index (κ2) is 4.53. The molecule has 0 spiro atoms. The lowest BCUT2D eigenvalue weighted by Gasteiger charge is -1.90. The average molecular weight is 112 g/mol. The Labute approximate surface area is 50.1 Å². The Morgan fingerprint density at radius 2 is 2.25 bits per heavy atom. The molecule has 0 aliphatic carbocycles. The van der Waals surface area contributed by atoms with Gasteiger partial charge in [0.1, 0.15) is 0 Å². The van der Waals surface area contributed by atoms with Crippen LogP contribution in [0.5, 0.6) is 0 Å². The van der Waals surface area contributed by atoms with Crippen molar-refractivity contribution in [2.24, 2.45) is 10.7 Å². The van der Waals surface area contributed by atoms with Crippen LogP contribution in [0.4, 0.5) is 0 Å². The molecule has 0 heterocycles. The van der Waals surface area contributed by atoms with E-state index in [0.717, 1.165) is 5.70 Å². The van der Waals surface area contributed by atoms with Gasteiger partial charge in [-0.3, -0.25) is 4.99 Å². The van der Waals surface area contributed by atoms with E-state index in [1.807, 2.05) is 19.9 Å². The molecule has 0 bridgehead atoms. The minimum atomic E-state index is 0.529. The van der Waals surface area contributed by atoms with Gasteiger partial charge >= 0.3 is 0 Å². The van der Waals surface area contributed by atoms with Crippen LogP contribution in [0.1, 0.15) is 13.8 Å². The van der Waals surface area contributed by atoms with Crippen molar-refractivity contribution in [3.63, 3.8) is 0 Å². The zero-order valence-corrected chi connectivity index (χ0v) is 5.39. The molecule has 0 aromatic heterocycles. The maximum atomic E-state index is 5.29. The predicted molar refractivity (Wildman–Crippen MR) is 37.0 cm³/mol. The summed E-state index contributed by atoms with van der Waals surface area (Å²) in [6.07, 6.45) is 3.64. The fraction of sp³-hybridized carbons (Fsp3) is 0.500. The van der Waals surface area contributed by atoms with Crippen LogP contribution in [0.2, 0.25) is 0 Å². The number of nitrogens with zero attached hydrogens (tertiary/aromatic N) is 1. The van der Waals surface area contributed by atoms with Crippen molar-refractivity contribution in [1.82, 2.24) is 0 Å². The highest BCUT2D eigenvalue weighted by molar-refractivity contribution is 5.55. The van der Waals surface area contributed by atoms with Gasteiger partial charge in [-0.2, -0.15) is 0 Å². The maximum absolute atomic E-state index is 5.29. The smallest absolute Gasteiger partial charge is 0.0492 e. The second-order valence-corrected chi connectivity index (χ2v) is 1.37. The summed E-state index contributed by atoms with van der Waals surface area (Å²) < 4.78 is 0. The van der Waals surface area contributed by atoms with Crippen LogP contribution in [-0.2, 0) is 0 Å². The van der Waals surface area contributed by atoms with Gasteiger partial charge in [0.25, 0.3) is 0 Å². The van der Waals surface area contributed by atoms with Gasteiger partial charge in [-0.15, -0.1) is 0 Å². The highest BCUT2D eigenvalue weighted by Gasteiger charge is 1.80. The molecule has 0 aromatic rings. The fourth-order valence-electron chi connectivity index (χ4n) is 0.411. The van der Waals surface area contributed by atoms with E-state index >= 15 is 0 Å². The molecule has 0 saturated heterocycles. The topological polar surface area (TPSA) is 38.4 Å². The van der Waals surface area contributed by atoms with Crippen LogP contribution in [0.15, 0.2) is 16.8 Å². The number of nitrogens with two attached hydrogens (primary N) is 1. The molecule has 8 heavy (non-hydrogen) atoms. The van der Waals surface area contributed by atoms with Gasteiger partial charge in [0, 0.05) is 18.5 Å². The van der Waals surface area contributed by atoms with Crippen molar-refractivity contribution in [3.05, 3.63) is 11.8 Å². The summed E-state index contributed by atoms with van der Waals surface area (Å²) in [6, 6.07) is 0. The minimum Gasteiger partial charge on any atom is -0.325 e. The largest absolute Gasteiger partial charge is 0.325 e. The van der Waals surface area contributed by atoms with Crippen molar-refractivity contribution in [2.75, 3.05) is 6.54 Å². The van der Waals surface area contributed by atoms with E-state index < -0.39 is 0 Å². The van der Waals surface area contributed by atoms with Crippen molar-refractivity contribution >= 4 is 6.21 Å². The Bertz CT molecular complexity index is 100. The lowest BCUT2D eigenvalue weighted by Crippen LogP contribution is -2.00. The molecular weight excluding hydrogens is 100 g/mol. The summed E-state index contributed by atoms with van der Waals surface area (Å²) in [7, 11) is 0. The normalized spacial score (nSPS) is 13.1. The third-order valence-electron chi connectivity index (χ3n) is 0.837. The molecule has 0 aliphatic rings. The van der Waals surface area contributed by atoms with Crippen LogP contribution in [0.3, 0.4) is 0 Å². The summed E-state index contributed by atoms with van der Waals surface area (Å²) in [6.45, 7) is 4.33. The zero-order chi connectivity index (χ0) is 6.41. The summed E-state index contributed by atoms with van der Waals surface area (Å²) in [5, 5.41) is 0.